The Kier molecular flexibility index (Phi) is 10.7. The molecule has 0 fully saturated rings. The van der Waals surface area contributed by atoms with Gasteiger partial charge in [0.15, 0.2) is 5.96 Å². The summed E-state index contributed by atoms with van der Waals surface area (Å²) < 4.78 is 1.96. The third-order valence-electron chi connectivity index (χ3n) is 4.25. The molecule has 0 spiro atoms. The average molecular weight is 463 g/mol. The van der Waals surface area contributed by atoms with Gasteiger partial charge in [0, 0.05) is 31.9 Å². The lowest BCUT2D eigenvalue weighted by Gasteiger charge is -2.19. The van der Waals surface area contributed by atoms with Gasteiger partial charge in [-0.3, -0.25) is 9.67 Å². The molecule has 146 valence electrons. The zero-order valence-electron chi connectivity index (χ0n) is 17.4. The molecule has 0 aliphatic rings. The van der Waals surface area contributed by atoms with Crippen molar-refractivity contribution in [2.24, 2.45) is 17.5 Å². The van der Waals surface area contributed by atoms with Crippen LogP contribution >= 0.6 is 24.0 Å². The molecule has 5 nitrogen and oxygen atoms in total. The summed E-state index contributed by atoms with van der Waals surface area (Å²) in [6.07, 6.45) is 3.27. The topological polar surface area (TPSA) is 54.2 Å². The highest BCUT2D eigenvalue weighted by atomic mass is 127. The molecule has 25 heavy (non-hydrogen) atoms. The Hall–Kier alpha value is -0.790. The summed E-state index contributed by atoms with van der Waals surface area (Å²) in [6, 6.07) is 0.312. The van der Waals surface area contributed by atoms with Gasteiger partial charge in [-0.25, -0.2) is 0 Å². The van der Waals surface area contributed by atoms with Crippen LogP contribution in [0.2, 0.25) is 0 Å². The summed E-state index contributed by atoms with van der Waals surface area (Å²) >= 11 is 0. The van der Waals surface area contributed by atoms with E-state index in [1.807, 2.05) is 11.7 Å². The quantitative estimate of drug-likeness (QED) is 0.279. The fraction of sp³-hybridized carbons (Fsp3) is 0.789. The Bertz CT molecular complexity index is 543. The highest BCUT2D eigenvalue weighted by molar-refractivity contribution is 14.0. The van der Waals surface area contributed by atoms with E-state index in [9.17, 15) is 0 Å². The highest BCUT2D eigenvalue weighted by Gasteiger charge is 2.14. The Morgan fingerprint density at radius 2 is 1.92 bits per heavy atom. The summed E-state index contributed by atoms with van der Waals surface area (Å²) in [7, 11) is 2.00. The van der Waals surface area contributed by atoms with Crippen molar-refractivity contribution in [3.8, 4) is 0 Å². The van der Waals surface area contributed by atoms with Crippen LogP contribution in [-0.2, 0) is 13.5 Å². The van der Waals surface area contributed by atoms with Gasteiger partial charge < -0.3 is 10.6 Å². The summed E-state index contributed by atoms with van der Waals surface area (Å²) in [6.45, 7) is 17.1. The average Bonchev–Trinajstić information content (AvgIpc) is 2.69. The van der Waals surface area contributed by atoms with E-state index < -0.39 is 0 Å². The second-order valence-electron chi connectivity index (χ2n) is 7.95. The first-order valence-electron chi connectivity index (χ1n) is 9.18. The molecular formula is C19H38IN5. The molecule has 2 N–H and O–H groups in total. The molecule has 6 heteroatoms. The SMILES string of the molecule is CCNC(=NCCCC(C)(C)C)NC(C)Cc1c(C)nn(C)c1C.I. The molecule has 1 unspecified atom stereocenters. The summed E-state index contributed by atoms with van der Waals surface area (Å²) in [5.41, 5.74) is 4.08. The van der Waals surface area contributed by atoms with Gasteiger partial charge in [0.1, 0.15) is 0 Å². The van der Waals surface area contributed by atoms with Crippen molar-refractivity contribution in [1.82, 2.24) is 20.4 Å². The predicted molar refractivity (Wildman–Crippen MR) is 119 cm³/mol. The molecule has 1 heterocycles. The van der Waals surface area contributed by atoms with Crippen molar-refractivity contribution in [3.05, 3.63) is 17.0 Å². The molecule has 1 aromatic rings. The maximum atomic E-state index is 4.72. The summed E-state index contributed by atoms with van der Waals surface area (Å²) in [4.78, 5) is 4.72. The second-order valence-corrected chi connectivity index (χ2v) is 7.95. The molecule has 0 radical (unpaired) electrons. The third kappa shape index (κ3) is 8.92. The Balaban J connectivity index is 0.00000576. The molecular weight excluding hydrogens is 425 g/mol. The van der Waals surface area contributed by atoms with E-state index in [2.05, 4.69) is 64.2 Å². The summed E-state index contributed by atoms with van der Waals surface area (Å²) in [5, 5.41) is 11.4. The molecule has 0 bridgehead atoms. The number of halogens is 1. The molecule has 1 rings (SSSR count). The van der Waals surface area contributed by atoms with Gasteiger partial charge in [-0.05, 0) is 57.9 Å². The highest BCUT2D eigenvalue weighted by Crippen LogP contribution is 2.20. The van der Waals surface area contributed by atoms with Crippen LogP contribution in [-0.4, -0.2) is 34.9 Å². The first kappa shape index (κ1) is 24.2. The van der Waals surface area contributed by atoms with Crippen molar-refractivity contribution in [2.75, 3.05) is 13.1 Å². The first-order chi connectivity index (χ1) is 11.1. The van der Waals surface area contributed by atoms with Crippen molar-refractivity contribution in [1.29, 1.82) is 0 Å². The maximum absolute atomic E-state index is 4.72. The number of aliphatic imine (C=N–C) groups is 1. The van der Waals surface area contributed by atoms with E-state index in [1.165, 1.54) is 17.7 Å². The Morgan fingerprint density at radius 3 is 2.40 bits per heavy atom. The molecule has 0 saturated heterocycles. The van der Waals surface area contributed by atoms with E-state index in [0.29, 0.717) is 11.5 Å². The fourth-order valence-electron chi connectivity index (χ4n) is 2.82. The third-order valence-corrected chi connectivity index (χ3v) is 4.25. The normalized spacial score (nSPS) is 13.4. The first-order valence-corrected chi connectivity index (χ1v) is 9.18. The monoisotopic (exact) mass is 463 g/mol. The zero-order chi connectivity index (χ0) is 18.3. The van der Waals surface area contributed by atoms with Crippen molar-refractivity contribution < 1.29 is 0 Å². The van der Waals surface area contributed by atoms with E-state index in [-0.39, 0.29) is 24.0 Å². The molecule has 0 saturated carbocycles. The molecule has 1 aromatic heterocycles. The van der Waals surface area contributed by atoms with Gasteiger partial charge in [-0.15, -0.1) is 24.0 Å². The lowest BCUT2D eigenvalue weighted by Crippen LogP contribution is -2.43. The lowest BCUT2D eigenvalue weighted by molar-refractivity contribution is 0.368. The van der Waals surface area contributed by atoms with E-state index >= 15 is 0 Å². The zero-order valence-corrected chi connectivity index (χ0v) is 19.7. The van der Waals surface area contributed by atoms with E-state index in [1.54, 1.807) is 0 Å². The lowest BCUT2D eigenvalue weighted by atomic mass is 9.91. The van der Waals surface area contributed by atoms with Crippen molar-refractivity contribution >= 4 is 29.9 Å². The van der Waals surface area contributed by atoms with Crippen LogP contribution in [0.25, 0.3) is 0 Å². The van der Waals surface area contributed by atoms with Gasteiger partial charge >= 0.3 is 0 Å². The number of hydrogen-bond acceptors (Lipinski definition) is 2. The standard InChI is InChI=1S/C19H37N5.HI/c1-9-20-18(21-12-10-11-19(5,6)7)22-14(2)13-17-15(3)23-24(8)16(17)4;/h14H,9-13H2,1-8H3,(H2,20,21,22);1H. The van der Waals surface area contributed by atoms with E-state index in [0.717, 1.165) is 37.6 Å². The number of guanidine groups is 1. The molecule has 0 aliphatic heterocycles. The van der Waals surface area contributed by atoms with Crippen molar-refractivity contribution in [3.63, 3.8) is 0 Å². The number of nitrogens with zero attached hydrogens (tertiary/aromatic N) is 3. The minimum atomic E-state index is 0. The fourth-order valence-corrected chi connectivity index (χ4v) is 2.82. The van der Waals surface area contributed by atoms with Crippen molar-refractivity contribution in [2.45, 2.75) is 73.8 Å². The number of aryl methyl sites for hydroxylation is 2. The van der Waals surface area contributed by atoms with Gasteiger partial charge in [0.05, 0.1) is 5.69 Å². The second kappa shape index (κ2) is 11.0. The van der Waals surface area contributed by atoms with Crippen LogP contribution in [0.3, 0.4) is 0 Å². The maximum Gasteiger partial charge on any atom is 0.191 e. The molecule has 0 aliphatic carbocycles. The molecule has 1 atom stereocenters. The van der Waals surface area contributed by atoms with Gasteiger partial charge in [0.25, 0.3) is 0 Å². The van der Waals surface area contributed by atoms with Crippen LogP contribution in [0.15, 0.2) is 4.99 Å². The van der Waals surface area contributed by atoms with Crippen LogP contribution in [0, 0.1) is 19.3 Å². The van der Waals surface area contributed by atoms with Gasteiger partial charge in [-0.1, -0.05) is 20.8 Å². The Labute approximate surface area is 171 Å². The van der Waals surface area contributed by atoms with Crippen LogP contribution < -0.4 is 10.6 Å². The van der Waals surface area contributed by atoms with E-state index in [4.69, 9.17) is 4.99 Å². The minimum absolute atomic E-state index is 0. The number of hydrogen-bond donors (Lipinski definition) is 2. The molecule has 0 amide bonds. The predicted octanol–water partition coefficient (Wildman–Crippen LogP) is 3.97. The van der Waals surface area contributed by atoms with Crippen LogP contribution in [0.1, 0.15) is 64.4 Å². The number of nitrogens with one attached hydrogen (secondary N) is 2. The van der Waals surface area contributed by atoms with Crippen LogP contribution in [0.4, 0.5) is 0 Å². The summed E-state index contributed by atoms with van der Waals surface area (Å²) in [5.74, 6) is 0.915. The minimum Gasteiger partial charge on any atom is -0.357 e. The smallest absolute Gasteiger partial charge is 0.191 e. The largest absolute Gasteiger partial charge is 0.357 e. The van der Waals surface area contributed by atoms with Gasteiger partial charge in [0.2, 0.25) is 0 Å². The Morgan fingerprint density at radius 1 is 1.28 bits per heavy atom. The molecule has 0 aromatic carbocycles. The van der Waals surface area contributed by atoms with Gasteiger partial charge in [-0.2, -0.15) is 5.10 Å². The van der Waals surface area contributed by atoms with Crippen LogP contribution in [0.5, 0.6) is 0 Å². The number of aromatic nitrogens is 2. The number of rotatable bonds is 7.